The number of carbonyl (C=O) groups excluding carboxylic acids is 1. The van der Waals surface area contributed by atoms with Crippen LogP contribution in [0.1, 0.15) is 42.4 Å². The van der Waals surface area contributed by atoms with Crippen molar-refractivity contribution < 1.29 is 4.79 Å². The zero-order valence-electron chi connectivity index (χ0n) is 10.8. The van der Waals surface area contributed by atoms with E-state index in [1.54, 1.807) is 0 Å². The molecule has 2 saturated carbocycles. The van der Waals surface area contributed by atoms with E-state index in [0.717, 1.165) is 11.8 Å². The first-order chi connectivity index (χ1) is 8.83. The summed E-state index contributed by atoms with van der Waals surface area (Å²) in [7, 11) is 0. The summed E-state index contributed by atoms with van der Waals surface area (Å²) in [5, 5.41) is 0. The van der Waals surface area contributed by atoms with E-state index in [2.05, 4.69) is 18.2 Å². The van der Waals surface area contributed by atoms with Crippen LogP contribution < -0.4 is 0 Å². The van der Waals surface area contributed by atoms with Crippen LogP contribution in [0.3, 0.4) is 0 Å². The van der Waals surface area contributed by atoms with Gasteiger partial charge >= 0.3 is 0 Å². The van der Waals surface area contributed by atoms with Gasteiger partial charge in [-0.1, -0.05) is 24.6 Å². The van der Waals surface area contributed by atoms with Crippen LogP contribution in [0.15, 0.2) is 18.2 Å². The van der Waals surface area contributed by atoms with Crippen LogP contribution in [0.5, 0.6) is 0 Å². The summed E-state index contributed by atoms with van der Waals surface area (Å²) in [6.45, 7) is 0. The first-order valence-corrected chi connectivity index (χ1v) is 7.46. The molecule has 0 saturated heterocycles. The molecule has 3 aliphatic rings. The number of hydrogen-bond acceptors (Lipinski definition) is 1. The van der Waals surface area contributed by atoms with E-state index in [1.165, 1.54) is 55.2 Å². The SMILES string of the molecule is O=C(Cc1ccc2c(c1)CCC2)C1C2CCCC21. The summed E-state index contributed by atoms with van der Waals surface area (Å²) in [6.07, 6.45) is 8.40. The Balaban J connectivity index is 1.47. The van der Waals surface area contributed by atoms with Gasteiger partial charge in [-0.15, -0.1) is 0 Å². The third-order valence-electron chi connectivity index (χ3n) is 5.32. The van der Waals surface area contributed by atoms with Crippen molar-refractivity contribution in [2.75, 3.05) is 0 Å². The van der Waals surface area contributed by atoms with E-state index >= 15 is 0 Å². The molecule has 0 radical (unpaired) electrons. The highest BCUT2D eigenvalue weighted by atomic mass is 16.1. The van der Waals surface area contributed by atoms with Gasteiger partial charge in [0.25, 0.3) is 0 Å². The average Bonchev–Trinajstić information content (AvgIpc) is 2.78. The van der Waals surface area contributed by atoms with E-state index < -0.39 is 0 Å². The molecule has 0 aromatic heterocycles. The summed E-state index contributed by atoms with van der Waals surface area (Å²) < 4.78 is 0. The van der Waals surface area contributed by atoms with Gasteiger partial charge in [0, 0.05) is 12.3 Å². The summed E-state index contributed by atoms with van der Waals surface area (Å²) in [5.41, 5.74) is 4.26. The van der Waals surface area contributed by atoms with Crippen LogP contribution in [0, 0.1) is 17.8 Å². The van der Waals surface area contributed by atoms with Crippen LogP contribution in [0.25, 0.3) is 0 Å². The molecular weight excluding hydrogens is 220 g/mol. The van der Waals surface area contributed by atoms with Crippen LogP contribution in [-0.4, -0.2) is 5.78 Å². The summed E-state index contributed by atoms with van der Waals surface area (Å²) in [5.74, 6) is 2.49. The number of hydrogen-bond donors (Lipinski definition) is 0. The Labute approximate surface area is 109 Å². The average molecular weight is 240 g/mol. The molecule has 0 spiro atoms. The molecule has 1 aromatic carbocycles. The number of aryl methyl sites for hydroxylation is 2. The minimum absolute atomic E-state index is 0.437. The third-order valence-corrected chi connectivity index (χ3v) is 5.32. The van der Waals surface area contributed by atoms with E-state index in [4.69, 9.17) is 0 Å². The minimum atomic E-state index is 0.437. The van der Waals surface area contributed by atoms with Crippen molar-refractivity contribution in [3.63, 3.8) is 0 Å². The zero-order valence-corrected chi connectivity index (χ0v) is 10.8. The van der Waals surface area contributed by atoms with Crippen molar-refractivity contribution in [3.05, 3.63) is 34.9 Å². The number of rotatable bonds is 3. The maximum absolute atomic E-state index is 12.3. The quantitative estimate of drug-likeness (QED) is 0.792. The molecule has 94 valence electrons. The first kappa shape index (κ1) is 10.8. The van der Waals surface area contributed by atoms with Crippen LogP contribution >= 0.6 is 0 Å². The van der Waals surface area contributed by atoms with E-state index in [9.17, 15) is 4.79 Å². The standard InChI is InChI=1S/C17H20O/c18-16(17-14-5-2-6-15(14)17)10-11-7-8-12-3-1-4-13(12)9-11/h7-9,14-15,17H,1-6,10H2. The van der Waals surface area contributed by atoms with Crippen molar-refractivity contribution in [1.82, 2.24) is 0 Å². The molecule has 2 fully saturated rings. The lowest BCUT2D eigenvalue weighted by atomic mass is 9.98. The van der Waals surface area contributed by atoms with Crippen LogP contribution in [0.2, 0.25) is 0 Å². The van der Waals surface area contributed by atoms with Gasteiger partial charge in [-0.3, -0.25) is 4.79 Å². The molecule has 4 rings (SSSR count). The number of carbonyl (C=O) groups is 1. The van der Waals surface area contributed by atoms with Crippen LogP contribution in [0.4, 0.5) is 0 Å². The Kier molecular flexibility index (Phi) is 2.36. The topological polar surface area (TPSA) is 17.1 Å². The Bertz CT molecular complexity index is 492. The fourth-order valence-corrected chi connectivity index (χ4v) is 4.35. The van der Waals surface area contributed by atoms with Gasteiger partial charge in [0.1, 0.15) is 5.78 Å². The molecule has 1 nitrogen and oxygen atoms in total. The number of fused-ring (bicyclic) bond motifs is 2. The van der Waals surface area contributed by atoms with Gasteiger partial charge in [-0.2, -0.15) is 0 Å². The molecule has 0 aliphatic heterocycles. The fourth-order valence-electron chi connectivity index (χ4n) is 4.35. The molecule has 0 amide bonds. The second-order valence-electron chi connectivity index (χ2n) is 6.38. The van der Waals surface area contributed by atoms with Crippen molar-refractivity contribution in [1.29, 1.82) is 0 Å². The molecular formula is C17H20O. The Morgan fingerprint density at radius 1 is 1.06 bits per heavy atom. The smallest absolute Gasteiger partial charge is 0.140 e. The summed E-state index contributed by atoms with van der Waals surface area (Å²) >= 11 is 0. The lowest BCUT2D eigenvalue weighted by molar-refractivity contribution is -0.120. The largest absolute Gasteiger partial charge is 0.299 e. The number of benzene rings is 1. The maximum atomic E-state index is 12.3. The predicted molar refractivity (Wildman–Crippen MR) is 71.5 cm³/mol. The van der Waals surface area contributed by atoms with Crippen molar-refractivity contribution in [2.24, 2.45) is 17.8 Å². The normalized spacial score (nSPS) is 32.1. The monoisotopic (exact) mass is 240 g/mol. The highest BCUT2D eigenvalue weighted by molar-refractivity contribution is 5.86. The highest BCUT2D eigenvalue weighted by Gasteiger charge is 2.55. The van der Waals surface area contributed by atoms with Gasteiger partial charge in [0.15, 0.2) is 0 Å². The van der Waals surface area contributed by atoms with Gasteiger partial charge in [0.05, 0.1) is 0 Å². The predicted octanol–water partition coefficient (Wildman–Crippen LogP) is 3.33. The van der Waals surface area contributed by atoms with E-state index in [0.29, 0.717) is 18.1 Å². The Morgan fingerprint density at radius 2 is 1.83 bits per heavy atom. The second kappa shape index (κ2) is 3.94. The van der Waals surface area contributed by atoms with Gasteiger partial charge in [-0.25, -0.2) is 0 Å². The summed E-state index contributed by atoms with van der Waals surface area (Å²) in [6, 6.07) is 6.72. The lowest BCUT2D eigenvalue weighted by Crippen LogP contribution is -2.09. The van der Waals surface area contributed by atoms with E-state index in [-0.39, 0.29) is 0 Å². The minimum Gasteiger partial charge on any atom is -0.299 e. The molecule has 0 heterocycles. The fraction of sp³-hybridized carbons (Fsp3) is 0.588. The maximum Gasteiger partial charge on any atom is 0.140 e. The molecule has 0 N–H and O–H groups in total. The third kappa shape index (κ3) is 1.64. The van der Waals surface area contributed by atoms with Crippen molar-refractivity contribution in [3.8, 4) is 0 Å². The Hall–Kier alpha value is -1.11. The zero-order chi connectivity index (χ0) is 12.1. The van der Waals surface area contributed by atoms with Gasteiger partial charge in [-0.05, 0) is 60.6 Å². The number of ketones is 1. The lowest BCUT2D eigenvalue weighted by Gasteiger charge is -2.06. The van der Waals surface area contributed by atoms with Crippen LogP contribution in [-0.2, 0) is 24.1 Å². The summed E-state index contributed by atoms with van der Waals surface area (Å²) in [4.78, 5) is 12.3. The highest BCUT2D eigenvalue weighted by Crippen LogP contribution is 2.58. The molecule has 18 heavy (non-hydrogen) atoms. The van der Waals surface area contributed by atoms with Crippen molar-refractivity contribution in [2.45, 2.75) is 44.9 Å². The molecule has 1 aromatic rings. The van der Waals surface area contributed by atoms with Gasteiger partial charge < -0.3 is 0 Å². The number of Topliss-reactive ketones (excluding diaryl/α,β-unsaturated/α-hetero) is 1. The molecule has 3 aliphatic carbocycles. The second-order valence-corrected chi connectivity index (χ2v) is 6.38. The molecule has 1 heteroatoms. The Morgan fingerprint density at radius 3 is 2.67 bits per heavy atom. The molecule has 0 bridgehead atoms. The molecule has 2 unspecified atom stereocenters. The first-order valence-electron chi connectivity index (χ1n) is 7.46. The molecule has 2 atom stereocenters. The van der Waals surface area contributed by atoms with Crippen molar-refractivity contribution >= 4 is 5.78 Å². The van der Waals surface area contributed by atoms with Gasteiger partial charge in [0.2, 0.25) is 0 Å². The van der Waals surface area contributed by atoms with E-state index in [1.807, 2.05) is 0 Å².